The number of esters is 1. The van der Waals surface area contributed by atoms with Crippen molar-refractivity contribution >= 4 is 23.3 Å². The van der Waals surface area contributed by atoms with Crippen LogP contribution in [-0.2, 0) is 11.3 Å². The van der Waals surface area contributed by atoms with Gasteiger partial charge in [-0.3, -0.25) is 10.1 Å². The third kappa shape index (κ3) is 3.83. The number of carbonyl (C=O) groups is 1. The molecule has 2 aromatic carbocycles. The summed E-state index contributed by atoms with van der Waals surface area (Å²) in [7, 11) is 0. The van der Waals surface area contributed by atoms with Gasteiger partial charge in [-0.25, -0.2) is 4.79 Å². The molecule has 0 spiro atoms. The van der Waals surface area contributed by atoms with E-state index in [1.807, 2.05) is 0 Å². The molecule has 0 saturated heterocycles. The first-order valence-electron chi connectivity index (χ1n) is 7.55. The lowest BCUT2D eigenvalue weighted by Gasteiger charge is -2.12. The van der Waals surface area contributed by atoms with Crippen molar-refractivity contribution in [1.82, 2.24) is 0 Å². The van der Waals surface area contributed by atoms with E-state index < -0.39 is 10.9 Å². The molecule has 7 nitrogen and oxygen atoms in total. The van der Waals surface area contributed by atoms with E-state index in [0.717, 1.165) is 6.42 Å². The molecule has 8 heteroatoms. The molecule has 0 radical (unpaired) electrons. The van der Waals surface area contributed by atoms with Crippen LogP contribution in [0.3, 0.4) is 0 Å². The fourth-order valence-electron chi connectivity index (χ4n) is 2.40. The Morgan fingerprint density at radius 2 is 2.00 bits per heavy atom. The number of benzene rings is 2. The van der Waals surface area contributed by atoms with E-state index in [1.54, 1.807) is 12.1 Å². The molecule has 0 fully saturated rings. The molecule has 0 aromatic heterocycles. The lowest BCUT2D eigenvalue weighted by Crippen LogP contribution is -2.08. The zero-order chi connectivity index (χ0) is 17.8. The number of nitro groups is 1. The Balaban J connectivity index is 1.76. The quantitative estimate of drug-likeness (QED) is 0.467. The number of carbonyl (C=O) groups excluding carboxylic acids is 1. The second-order valence-electron chi connectivity index (χ2n) is 5.31. The fourth-order valence-corrected chi connectivity index (χ4v) is 2.69. The first-order valence-corrected chi connectivity index (χ1v) is 7.92. The van der Waals surface area contributed by atoms with Gasteiger partial charge < -0.3 is 14.2 Å². The summed E-state index contributed by atoms with van der Waals surface area (Å²) < 4.78 is 16.3. The van der Waals surface area contributed by atoms with Gasteiger partial charge in [0, 0.05) is 12.5 Å². The molecule has 130 valence electrons. The Labute approximate surface area is 148 Å². The highest BCUT2D eigenvalue weighted by Gasteiger charge is 2.21. The van der Waals surface area contributed by atoms with Gasteiger partial charge in [-0.15, -0.1) is 0 Å². The number of rotatable bonds is 4. The maximum atomic E-state index is 12.2. The van der Waals surface area contributed by atoms with Crippen LogP contribution in [0.25, 0.3) is 0 Å². The minimum Gasteiger partial charge on any atom is -0.489 e. The number of ether oxygens (including phenoxy) is 3. The molecule has 1 aliphatic rings. The average Bonchev–Trinajstić information content (AvgIpc) is 2.85. The molecule has 0 aliphatic carbocycles. The van der Waals surface area contributed by atoms with Crippen LogP contribution in [0.1, 0.15) is 22.3 Å². The van der Waals surface area contributed by atoms with Gasteiger partial charge in [0.2, 0.25) is 0 Å². The van der Waals surface area contributed by atoms with E-state index in [-0.39, 0.29) is 17.9 Å². The Bertz CT molecular complexity index is 823. The highest BCUT2D eigenvalue weighted by atomic mass is 35.5. The number of halogens is 1. The molecular weight excluding hydrogens is 350 g/mol. The highest BCUT2D eigenvalue weighted by molar-refractivity contribution is 6.32. The summed E-state index contributed by atoms with van der Waals surface area (Å²) in [5.41, 5.74) is 0.193. The maximum absolute atomic E-state index is 12.2. The fraction of sp³-hybridized carbons (Fsp3) is 0.235. The van der Waals surface area contributed by atoms with Gasteiger partial charge in [0.15, 0.2) is 11.5 Å². The summed E-state index contributed by atoms with van der Waals surface area (Å²) in [5, 5.41) is 11.3. The molecule has 0 amide bonds. The minimum atomic E-state index is -0.782. The van der Waals surface area contributed by atoms with Crippen LogP contribution in [0, 0.1) is 10.1 Å². The Kier molecular flexibility index (Phi) is 5.04. The van der Waals surface area contributed by atoms with E-state index in [1.165, 1.54) is 24.3 Å². The number of fused-ring (bicyclic) bond motifs is 1. The SMILES string of the molecule is O=C(OCc1cc(Cl)c2c(c1)OCCCO2)c1ccccc1[N+](=O)[O-]. The van der Waals surface area contributed by atoms with Crippen LogP contribution in [0.15, 0.2) is 36.4 Å². The summed E-state index contributed by atoms with van der Waals surface area (Å²) in [5.74, 6) is 0.171. The van der Waals surface area contributed by atoms with Crippen LogP contribution in [0.2, 0.25) is 5.02 Å². The second kappa shape index (κ2) is 7.40. The van der Waals surface area contributed by atoms with E-state index >= 15 is 0 Å². The summed E-state index contributed by atoms with van der Waals surface area (Å²) in [6.07, 6.45) is 0.743. The molecule has 0 N–H and O–H groups in total. The summed E-state index contributed by atoms with van der Waals surface area (Å²) in [6, 6.07) is 8.91. The lowest BCUT2D eigenvalue weighted by atomic mass is 10.2. The molecule has 0 saturated carbocycles. The molecule has 0 unspecified atom stereocenters. The average molecular weight is 364 g/mol. The van der Waals surface area contributed by atoms with Crippen molar-refractivity contribution in [3.05, 3.63) is 62.7 Å². The van der Waals surface area contributed by atoms with Crippen molar-refractivity contribution in [1.29, 1.82) is 0 Å². The van der Waals surface area contributed by atoms with E-state index in [2.05, 4.69) is 0 Å². The molecule has 2 aromatic rings. The van der Waals surface area contributed by atoms with E-state index in [0.29, 0.717) is 35.3 Å². The Morgan fingerprint density at radius 3 is 2.80 bits per heavy atom. The normalized spacial score (nSPS) is 13.0. The monoisotopic (exact) mass is 363 g/mol. The van der Waals surface area contributed by atoms with Crippen molar-refractivity contribution < 1.29 is 23.9 Å². The van der Waals surface area contributed by atoms with Crippen LogP contribution in [0.5, 0.6) is 11.5 Å². The van der Waals surface area contributed by atoms with Gasteiger partial charge in [0.05, 0.1) is 23.2 Å². The standard InChI is InChI=1S/C17H14ClNO6/c18-13-8-11(9-15-16(13)24-7-3-6-23-15)10-25-17(20)12-4-1-2-5-14(12)19(21)22/h1-2,4-5,8-9H,3,6-7,10H2. The largest absolute Gasteiger partial charge is 0.489 e. The lowest BCUT2D eigenvalue weighted by molar-refractivity contribution is -0.385. The Hall–Kier alpha value is -2.80. The first-order chi connectivity index (χ1) is 12.1. The third-order valence-corrected chi connectivity index (χ3v) is 3.83. The van der Waals surface area contributed by atoms with Gasteiger partial charge in [0.1, 0.15) is 12.2 Å². The van der Waals surface area contributed by atoms with Crippen molar-refractivity contribution in [2.45, 2.75) is 13.0 Å². The predicted molar refractivity (Wildman–Crippen MR) is 89.3 cm³/mol. The van der Waals surface area contributed by atoms with Gasteiger partial charge in [-0.2, -0.15) is 0 Å². The number of hydrogen-bond acceptors (Lipinski definition) is 6. The van der Waals surface area contributed by atoms with Crippen molar-refractivity contribution in [2.75, 3.05) is 13.2 Å². The number of nitro benzene ring substituents is 1. The van der Waals surface area contributed by atoms with Gasteiger partial charge in [0.25, 0.3) is 5.69 Å². The molecule has 25 heavy (non-hydrogen) atoms. The minimum absolute atomic E-state index is 0.0960. The second-order valence-corrected chi connectivity index (χ2v) is 5.71. The molecule has 0 bridgehead atoms. The van der Waals surface area contributed by atoms with Crippen LogP contribution >= 0.6 is 11.6 Å². The van der Waals surface area contributed by atoms with Crippen LogP contribution in [0.4, 0.5) is 5.69 Å². The zero-order valence-corrected chi connectivity index (χ0v) is 13.8. The Morgan fingerprint density at radius 1 is 1.24 bits per heavy atom. The summed E-state index contributed by atoms with van der Waals surface area (Å²) in [6.45, 7) is 0.919. The van der Waals surface area contributed by atoms with E-state index in [9.17, 15) is 14.9 Å². The first kappa shape index (κ1) is 17.0. The predicted octanol–water partition coefficient (Wildman–Crippen LogP) is 3.77. The van der Waals surface area contributed by atoms with Crippen molar-refractivity contribution in [3.8, 4) is 11.5 Å². The van der Waals surface area contributed by atoms with Crippen LogP contribution < -0.4 is 9.47 Å². The zero-order valence-electron chi connectivity index (χ0n) is 13.1. The van der Waals surface area contributed by atoms with Crippen molar-refractivity contribution in [3.63, 3.8) is 0 Å². The van der Waals surface area contributed by atoms with Crippen molar-refractivity contribution in [2.24, 2.45) is 0 Å². The summed E-state index contributed by atoms with van der Waals surface area (Å²) in [4.78, 5) is 22.5. The summed E-state index contributed by atoms with van der Waals surface area (Å²) >= 11 is 6.18. The van der Waals surface area contributed by atoms with Gasteiger partial charge in [-0.05, 0) is 23.8 Å². The van der Waals surface area contributed by atoms with E-state index in [4.69, 9.17) is 25.8 Å². The highest BCUT2D eigenvalue weighted by Crippen LogP contribution is 2.38. The molecule has 3 rings (SSSR count). The maximum Gasteiger partial charge on any atom is 0.345 e. The van der Waals surface area contributed by atoms with Gasteiger partial charge in [-0.1, -0.05) is 23.7 Å². The topological polar surface area (TPSA) is 87.9 Å². The third-order valence-electron chi connectivity index (χ3n) is 3.55. The van der Waals surface area contributed by atoms with Gasteiger partial charge >= 0.3 is 5.97 Å². The number of nitrogens with zero attached hydrogens (tertiary/aromatic N) is 1. The number of para-hydroxylation sites is 1. The molecular formula is C17H14ClNO6. The molecule has 1 heterocycles. The van der Waals surface area contributed by atoms with Crippen LogP contribution in [-0.4, -0.2) is 24.1 Å². The molecule has 0 atom stereocenters. The smallest absolute Gasteiger partial charge is 0.345 e. The number of hydrogen-bond donors (Lipinski definition) is 0. The molecule has 1 aliphatic heterocycles.